The number of hydrogen-bond acceptors (Lipinski definition) is 2. The van der Waals surface area contributed by atoms with Crippen molar-refractivity contribution in [1.29, 1.82) is 0 Å². The zero-order valence-corrected chi connectivity index (χ0v) is 11.2. The summed E-state index contributed by atoms with van der Waals surface area (Å²) in [5, 5.41) is 0. The van der Waals surface area contributed by atoms with E-state index in [0.29, 0.717) is 0 Å². The number of allylic oxidation sites excluding steroid dienone is 2. The number of rotatable bonds is 2. The smallest absolute Gasteiger partial charge is 0.0291 e. The van der Waals surface area contributed by atoms with Crippen LogP contribution in [0.4, 0.5) is 0 Å². The average Bonchev–Trinajstić information content (AvgIpc) is 2.28. The van der Waals surface area contributed by atoms with Crippen LogP contribution in [0.25, 0.3) is 0 Å². The molecule has 1 aliphatic rings. The van der Waals surface area contributed by atoms with Gasteiger partial charge in [0, 0.05) is 19.6 Å². The summed E-state index contributed by atoms with van der Waals surface area (Å²) in [7, 11) is 0. The van der Waals surface area contributed by atoms with Crippen LogP contribution in [0.5, 0.6) is 0 Å². The third-order valence-corrected chi connectivity index (χ3v) is 5.32. The number of fused-ring (bicyclic) bond motifs is 1. The lowest BCUT2D eigenvalue weighted by Crippen LogP contribution is -1.94. The summed E-state index contributed by atoms with van der Waals surface area (Å²) in [4.78, 5) is 5.15. The maximum Gasteiger partial charge on any atom is 0.0291 e. The highest BCUT2D eigenvalue weighted by Gasteiger charge is 2.19. The minimum absolute atomic E-state index is 1.11. The van der Waals surface area contributed by atoms with Crippen LogP contribution >= 0.6 is 23.5 Å². The molecule has 0 saturated carbocycles. The van der Waals surface area contributed by atoms with Gasteiger partial charge in [-0.2, -0.15) is 0 Å². The molecule has 0 saturated heterocycles. The normalized spacial score (nSPS) is 14.6. The molecule has 2 rings (SSSR count). The van der Waals surface area contributed by atoms with E-state index in [9.17, 15) is 0 Å². The molecule has 82 valence electrons. The zero-order valence-electron chi connectivity index (χ0n) is 9.54. The lowest BCUT2D eigenvalue weighted by molar-refractivity contribution is 1.17. The van der Waals surface area contributed by atoms with E-state index in [0.717, 1.165) is 5.57 Å². The van der Waals surface area contributed by atoms with Crippen molar-refractivity contribution in [3.63, 3.8) is 0 Å². The van der Waals surface area contributed by atoms with Crippen molar-refractivity contribution in [2.45, 2.75) is 23.6 Å². The largest absolute Gasteiger partial charge is 0.0979 e. The molecule has 0 radical (unpaired) electrons. The summed E-state index contributed by atoms with van der Waals surface area (Å²) in [6.45, 7) is 12.1. The van der Waals surface area contributed by atoms with E-state index in [1.165, 1.54) is 25.2 Å². The molecular formula is C14H14S2. The maximum absolute atomic E-state index is 4.03. The van der Waals surface area contributed by atoms with Crippen LogP contribution in [0.3, 0.4) is 0 Å². The van der Waals surface area contributed by atoms with Gasteiger partial charge in [0.1, 0.15) is 0 Å². The summed E-state index contributed by atoms with van der Waals surface area (Å²) >= 11 is 3.60. The number of benzene rings is 1. The molecule has 1 heterocycles. The molecule has 0 bridgehead atoms. The monoisotopic (exact) mass is 246 g/mol. The SMILES string of the molecule is C=CC1=C(C(=C)C)Sc2cccc(C)c2S1. The molecule has 1 aromatic carbocycles. The van der Waals surface area contributed by atoms with Crippen molar-refractivity contribution >= 4 is 23.5 Å². The lowest BCUT2D eigenvalue weighted by Gasteiger charge is -2.21. The molecule has 0 nitrogen and oxygen atoms in total. The second-order valence-corrected chi connectivity index (χ2v) is 5.89. The van der Waals surface area contributed by atoms with E-state index < -0.39 is 0 Å². The van der Waals surface area contributed by atoms with E-state index in [1.807, 2.05) is 13.0 Å². The first-order chi connectivity index (χ1) is 7.63. The van der Waals surface area contributed by atoms with E-state index >= 15 is 0 Å². The summed E-state index contributed by atoms with van der Waals surface area (Å²) in [5.41, 5.74) is 2.44. The van der Waals surface area contributed by atoms with Crippen LogP contribution in [0.2, 0.25) is 0 Å². The fourth-order valence-corrected chi connectivity index (χ4v) is 4.03. The molecule has 2 heteroatoms. The van der Waals surface area contributed by atoms with Crippen molar-refractivity contribution < 1.29 is 0 Å². The minimum Gasteiger partial charge on any atom is -0.0979 e. The Bertz CT molecular complexity index is 495. The molecule has 0 aromatic heterocycles. The fraction of sp³-hybridized carbons (Fsp3) is 0.143. The van der Waals surface area contributed by atoms with Gasteiger partial charge in [-0.1, -0.05) is 54.9 Å². The van der Waals surface area contributed by atoms with Gasteiger partial charge in [-0.3, -0.25) is 0 Å². The Labute approximate surface area is 106 Å². The van der Waals surface area contributed by atoms with Gasteiger partial charge in [0.15, 0.2) is 0 Å². The molecule has 1 aliphatic heterocycles. The predicted octanol–water partition coefficient (Wildman–Crippen LogP) is 5.17. The van der Waals surface area contributed by atoms with Crippen molar-refractivity contribution in [2.75, 3.05) is 0 Å². The van der Waals surface area contributed by atoms with Gasteiger partial charge in [-0.05, 0) is 31.1 Å². The van der Waals surface area contributed by atoms with Gasteiger partial charge < -0.3 is 0 Å². The third kappa shape index (κ3) is 2.00. The van der Waals surface area contributed by atoms with Crippen molar-refractivity contribution in [3.05, 3.63) is 58.4 Å². The van der Waals surface area contributed by atoms with Gasteiger partial charge in [0.25, 0.3) is 0 Å². The topological polar surface area (TPSA) is 0 Å². The lowest BCUT2D eigenvalue weighted by atomic mass is 10.2. The first kappa shape index (κ1) is 11.6. The molecular weight excluding hydrogens is 232 g/mol. The highest BCUT2D eigenvalue weighted by molar-refractivity contribution is 8.09. The summed E-state index contributed by atoms with van der Waals surface area (Å²) in [6.07, 6.45) is 1.93. The average molecular weight is 246 g/mol. The molecule has 0 spiro atoms. The van der Waals surface area contributed by atoms with Gasteiger partial charge in [0.2, 0.25) is 0 Å². The summed E-state index contributed by atoms with van der Waals surface area (Å²) < 4.78 is 0. The highest BCUT2D eigenvalue weighted by Crippen LogP contribution is 2.50. The van der Waals surface area contributed by atoms with Crippen LogP contribution in [-0.2, 0) is 0 Å². The summed E-state index contributed by atoms with van der Waals surface area (Å²) in [6, 6.07) is 6.43. The molecule has 16 heavy (non-hydrogen) atoms. The maximum atomic E-state index is 4.03. The number of hydrogen-bond donors (Lipinski definition) is 0. The van der Waals surface area contributed by atoms with E-state index in [-0.39, 0.29) is 0 Å². The molecule has 0 fully saturated rings. The molecule has 0 N–H and O–H groups in total. The summed E-state index contributed by atoms with van der Waals surface area (Å²) in [5.74, 6) is 0. The van der Waals surface area contributed by atoms with Gasteiger partial charge in [0.05, 0.1) is 0 Å². The fourth-order valence-electron chi connectivity index (χ4n) is 1.59. The Hall–Kier alpha value is -0.860. The van der Waals surface area contributed by atoms with E-state index in [1.54, 1.807) is 23.5 Å². The Kier molecular flexibility index (Phi) is 3.31. The molecule has 0 aliphatic carbocycles. The van der Waals surface area contributed by atoms with Crippen molar-refractivity contribution in [2.24, 2.45) is 0 Å². The molecule has 0 atom stereocenters. The Morgan fingerprint density at radius 2 is 2.06 bits per heavy atom. The van der Waals surface area contributed by atoms with Gasteiger partial charge in [-0.15, -0.1) is 0 Å². The number of thioether (sulfide) groups is 2. The Balaban J connectivity index is 2.51. The van der Waals surface area contributed by atoms with Crippen LogP contribution in [-0.4, -0.2) is 0 Å². The van der Waals surface area contributed by atoms with Crippen molar-refractivity contribution in [3.8, 4) is 0 Å². The quantitative estimate of drug-likeness (QED) is 0.706. The molecule has 0 unspecified atom stereocenters. The third-order valence-electron chi connectivity index (χ3n) is 2.40. The second-order valence-electron chi connectivity index (χ2n) is 3.78. The van der Waals surface area contributed by atoms with Gasteiger partial charge >= 0.3 is 0 Å². The van der Waals surface area contributed by atoms with Gasteiger partial charge in [-0.25, -0.2) is 0 Å². The predicted molar refractivity (Wildman–Crippen MR) is 74.9 cm³/mol. The van der Waals surface area contributed by atoms with Crippen molar-refractivity contribution in [1.82, 2.24) is 0 Å². The highest BCUT2D eigenvalue weighted by atomic mass is 32.2. The standard InChI is InChI=1S/C14H14S2/c1-5-11-13(9(2)3)16-12-8-6-7-10(4)14(12)15-11/h5-8H,1-2H2,3-4H3. The van der Waals surface area contributed by atoms with Crippen LogP contribution in [0, 0.1) is 6.92 Å². The van der Waals surface area contributed by atoms with E-state index in [4.69, 9.17) is 0 Å². The molecule has 0 amide bonds. The van der Waals surface area contributed by atoms with E-state index in [2.05, 4.69) is 38.3 Å². The minimum atomic E-state index is 1.11. The van der Waals surface area contributed by atoms with Crippen LogP contribution < -0.4 is 0 Å². The van der Waals surface area contributed by atoms with Crippen LogP contribution in [0.1, 0.15) is 12.5 Å². The second kappa shape index (κ2) is 4.56. The Morgan fingerprint density at radius 1 is 1.31 bits per heavy atom. The van der Waals surface area contributed by atoms with Crippen LogP contribution in [0.15, 0.2) is 62.6 Å². The number of aryl methyl sites for hydroxylation is 1. The first-order valence-electron chi connectivity index (χ1n) is 5.11. The zero-order chi connectivity index (χ0) is 11.7. The molecule has 1 aromatic rings. The first-order valence-corrected chi connectivity index (χ1v) is 6.74. The Morgan fingerprint density at radius 3 is 2.69 bits per heavy atom.